The minimum absolute atomic E-state index is 0.00918. The summed E-state index contributed by atoms with van der Waals surface area (Å²) in [6.07, 6.45) is 0.462. The van der Waals surface area contributed by atoms with Gasteiger partial charge in [-0.25, -0.2) is 4.79 Å². The Morgan fingerprint density at radius 2 is 1.57 bits per heavy atom. The van der Waals surface area contributed by atoms with Crippen LogP contribution in [-0.2, 0) is 37.0 Å². The van der Waals surface area contributed by atoms with Crippen molar-refractivity contribution in [1.82, 2.24) is 4.90 Å². The average molecular weight is 725 g/mol. The highest BCUT2D eigenvalue weighted by atomic mass is 16.6. The van der Waals surface area contributed by atoms with Gasteiger partial charge in [-0.1, -0.05) is 66.7 Å². The van der Waals surface area contributed by atoms with E-state index in [1.807, 2.05) is 91.0 Å². The summed E-state index contributed by atoms with van der Waals surface area (Å²) in [6.45, 7) is 3.17. The predicted molar refractivity (Wildman–Crippen MR) is 200 cm³/mol. The van der Waals surface area contributed by atoms with Gasteiger partial charge < -0.3 is 43.0 Å². The van der Waals surface area contributed by atoms with Crippen LogP contribution in [0.5, 0.6) is 17.2 Å². The number of carbonyl (C=O) groups excluding carboxylic acids is 2. The van der Waals surface area contributed by atoms with Crippen LogP contribution in [0.1, 0.15) is 35.4 Å². The van der Waals surface area contributed by atoms with Crippen molar-refractivity contribution < 1.29 is 42.7 Å². The zero-order valence-electron chi connectivity index (χ0n) is 30.4. The molecule has 4 aromatic rings. The number of rotatable bonds is 17. The Labute approximate surface area is 311 Å². The minimum atomic E-state index is -0.371. The summed E-state index contributed by atoms with van der Waals surface area (Å²) in [6, 6.07) is 33.1. The van der Waals surface area contributed by atoms with Gasteiger partial charge >= 0.3 is 6.09 Å². The van der Waals surface area contributed by atoms with E-state index in [0.29, 0.717) is 58.0 Å². The van der Waals surface area contributed by atoms with Crippen molar-refractivity contribution >= 4 is 17.7 Å². The maximum atomic E-state index is 13.2. The van der Waals surface area contributed by atoms with Crippen LogP contribution in [-0.4, -0.2) is 89.4 Å². The summed E-state index contributed by atoms with van der Waals surface area (Å²) in [4.78, 5) is 29.5. The van der Waals surface area contributed by atoms with Crippen molar-refractivity contribution in [3.63, 3.8) is 0 Å². The normalized spacial score (nSPS) is 17.4. The van der Waals surface area contributed by atoms with Crippen LogP contribution in [0.3, 0.4) is 0 Å². The Morgan fingerprint density at radius 1 is 0.849 bits per heavy atom. The lowest BCUT2D eigenvalue weighted by molar-refractivity contribution is -0.121. The molecule has 0 saturated carbocycles. The molecule has 1 saturated heterocycles. The molecule has 0 spiro atoms. The van der Waals surface area contributed by atoms with E-state index in [1.54, 1.807) is 24.0 Å². The van der Waals surface area contributed by atoms with Gasteiger partial charge in [0, 0.05) is 39.8 Å². The number of likely N-dealkylation sites (tertiary alicyclic amines) is 1. The molecular formula is C42H48N2O9. The fourth-order valence-electron chi connectivity index (χ4n) is 6.49. The second kappa shape index (κ2) is 19.1. The van der Waals surface area contributed by atoms with E-state index in [9.17, 15) is 9.59 Å². The molecule has 2 aliphatic heterocycles. The number of carbonyl (C=O) groups is 2. The molecule has 0 aliphatic carbocycles. The first-order chi connectivity index (χ1) is 26.0. The largest absolute Gasteiger partial charge is 0.491 e. The number of piperidine rings is 1. The van der Waals surface area contributed by atoms with E-state index < -0.39 is 0 Å². The highest BCUT2D eigenvalue weighted by Crippen LogP contribution is 2.35. The van der Waals surface area contributed by atoms with Crippen molar-refractivity contribution in [2.24, 2.45) is 0 Å². The molecule has 53 heavy (non-hydrogen) atoms. The topological polar surface area (TPSA) is 105 Å². The van der Waals surface area contributed by atoms with Gasteiger partial charge in [-0.05, 0) is 65.9 Å². The number of para-hydroxylation sites is 1. The van der Waals surface area contributed by atoms with Crippen LogP contribution in [0.2, 0.25) is 0 Å². The Morgan fingerprint density at radius 3 is 2.28 bits per heavy atom. The molecule has 0 radical (unpaired) electrons. The first-order valence-corrected chi connectivity index (χ1v) is 18.1. The molecular weight excluding hydrogens is 676 g/mol. The first-order valence-electron chi connectivity index (χ1n) is 18.1. The number of ether oxygens (including phenoxy) is 7. The highest BCUT2D eigenvalue weighted by Gasteiger charge is 2.34. The minimum Gasteiger partial charge on any atom is -0.491 e. The van der Waals surface area contributed by atoms with Crippen LogP contribution >= 0.6 is 0 Å². The van der Waals surface area contributed by atoms with Gasteiger partial charge in [0.05, 0.1) is 24.9 Å². The molecule has 0 aromatic heterocycles. The average Bonchev–Trinajstić information content (AvgIpc) is 3.21. The summed E-state index contributed by atoms with van der Waals surface area (Å²) >= 11 is 0. The molecule has 2 aliphatic rings. The van der Waals surface area contributed by atoms with Gasteiger partial charge in [0.2, 0.25) is 0 Å². The van der Waals surface area contributed by atoms with Crippen LogP contribution < -0.4 is 19.1 Å². The van der Waals surface area contributed by atoms with Gasteiger partial charge in [0.1, 0.15) is 43.2 Å². The third-order valence-corrected chi connectivity index (χ3v) is 9.44. The van der Waals surface area contributed by atoms with Gasteiger partial charge in [-0.3, -0.25) is 4.79 Å². The Kier molecular flexibility index (Phi) is 13.6. The summed E-state index contributed by atoms with van der Waals surface area (Å²) < 4.78 is 40.8. The number of hydrogen-bond donors (Lipinski definition) is 0. The standard InChI is InChI=1S/C42H48N2O9/c1-47-23-9-21-44-38-24-32(14-19-39(38)52-30-41(44)45)27-51-40-25-43(42(46)53-26-31-10-5-3-6-11-31)22-20-37(40)33-15-17-35(18-16-33)50-29-36(48-2)28-49-34-12-7-4-8-13-34/h3-8,10-19,24,36-37,40H,9,20-23,25-30H2,1-2H3/t36-,37?,40?/m1/s1. The number of hydrogen-bond acceptors (Lipinski definition) is 9. The second-order valence-corrected chi connectivity index (χ2v) is 13.1. The van der Waals surface area contributed by atoms with Crippen LogP contribution in [0, 0.1) is 0 Å². The molecule has 4 aromatic carbocycles. The zero-order chi connectivity index (χ0) is 36.8. The maximum Gasteiger partial charge on any atom is 0.410 e. The van der Waals surface area contributed by atoms with E-state index in [-0.39, 0.29) is 49.9 Å². The van der Waals surface area contributed by atoms with Gasteiger partial charge in [0.25, 0.3) is 5.91 Å². The lowest BCUT2D eigenvalue weighted by atomic mass is 9.87. The molecule has 280 valence electrons. The molecule has 2 unspecified atom stereocenters. The zero-order valence-corrected chi connectivity index (χ0v) is 30.4. The smallest absolute Gasteiger partial charge is 0.410 e. The number of benzene rings is 4. The highest BCUT2D eigenvalue weighted by molar-refractivity contribution is 5.97. The van der Waals surface area contributed by atoms with Crippen LogP contribution in [0.4, 0.5) is 10.5 Å². The third kappa shape index (κ3) is 10.5. The first kappa shape index (κ1) is 37.7. The van der Waals surface area contributed by atoms with E-state index in [2.05, 4.69) is 12.1 Å². The van der Waals surface area contributed by atoms with Crippen molar-refractivity contribution in [3.05, 3.63) is 120 Å². The molecule has 0 N–H and O–H groups in total. The number of methoxy groups -OCH3 is 2. The monoisotopic (exact) mass is 724 g/mol. The van der Waals surface area contributed by atoms with E-state index in [1.165, 1.54) is 0 Å². The summed E-state index contributed by atoms with van der Waals surface area (Å²) in [5.74, 6) is 2.09. The quantitative estimate of drug-likeness (QED) is 0.111. The predicted octanol–water partition coefficient (Wildman–Crippen LogP) is 6.63. The molecule has 11 nitrogen and oxygen atoms in total. The Balaban J connectivity index is 1.12. The number of amides is 2. The van der Waals surface area contributed by atoms with Crippen molar-refractivity contribution in [2.45, 2.75) is 44.2 Å². The number of anilines is 1. The SMILES string of the molecule is COCCCN1C(=O)COc2ccc(COC3CN(C(=O)OCc4ccccc4)CCC3c3ccc(OC[C@@H](COc4ccccc4)OC)cc3)cc21. The molecule has 11 heteroatoms. The molecule has 1 fully saturated rings. The second-order valence-electron chi connectivity index (χ2n) is 13.1. The Hall–Kier alpha value is -5.10. The summed E-state index contributed by atoms with van der Waals surface area (Å²) in [5.41, 5.74) is 3.64. The molecule has 3 atom stereocenters. The fraction of sp³-hybridized carbons (Fsp3) is 0.381. The maximum absolute atomic E-state index is 13.2. The number of nitrogens with zero attached hydrogens (tertiary/aromatic N) is 2. The molecule has 0 bridgehead atoms. The summed E-state index contributed by atoms with van der Waals surface area (Å²) in [7, 11) is 3.29. The van der Waals surface area contributed by atoms with E-state index in [0.717, 1.165) is 33.9 Å². The van der Waals surface area contributed by atoms with Crippen LogP contribution in [0.25, 0.3) is 0 Å². The van der Waals surface area contributed by atoms with Gasteiger partial charge in [-0.2, -0.15) is 0 Å². The molecule has 6 rings (SSSR count). The lowest BCUT2D eigenvalue weighted by Crippen LogP contribution is -2.47. The van der Waals surface area contributed by atoms with E-state index >= 15 is 0 Å². The molecule has 2 heterocycles. The van der Waals surface area contributed by atoms with Gasteiger partial charge in [0.15, 0.2) is 6.61 Å². The molecule has 2 amide bonds. The van der Waals surface area contributed by atoms with Gasteiger partial charge in [-0.15, -0.1) is 0 Å². The Bertz CT molecular complexity index is 1740. The summed E-state index contributed by atoms with van der Waals surface area (Å²) in [5, 5.41) is 0. The number of fused-ring (bicyclic) bond motifs is 1. The van der Waals surface area contributed by atoms with Crippen molar-refractivity contribution in [1.29, 1.82) is 0 Å². The van der Waals surface area contributed by atoms with Crippen molar-refractivity contribution in [2.75, 3.05) is 65.2 Å². The lowest BCUT2D eigenvalue weighted by Gasteiger charge is -2.38. The van der Waals surface area contributed by atoms with E-state index in [4.69, 9.17) is 33.2 Å². The third-order valence-electron chi connectivity index (χ3n) is 9.44. The fourth-order valence-corrected chi connectivity index (χ4v) is 6.49. The van der Waals surface area contributed by atoms with Crippen LogP contribution in [0.15, 0.2) is 103 Å². The van der Waals surface area contributed by atoms with Crippen molar-refractivity contribution in [3.8, 4) is 17.2 Å².